The van der Waals surface area contributed by atoms with E-state index in [1.54, 1.807) is 6.33 Å². The Morgan fingerprint density at radius 1 is 1.20 bits per heavy atom. The molecule has 0 unspecified atom stereocenters. The van der Waals surface area contributed by atoms with Crippen LogP contribution >= 0.6 is 0 Å². The van der Waals surface area contributed by atoms with Crippen molar-refractivity contribution in [3.05, 3.63) is 42.5 Å². The second-order valence-corrected chi connectivity index (χ2v) is 4.22. The van der Waals surface area contributed by atoms with Crippen LogP contribution in [0.2, 0.25) is 0 Å². The quantitative estimate of drug-likeness (QED) is 0.743. The third-order valence-electron chi connectivity index (χ3n) is 2.94. The number of rotatable bonds is 5. The summed E-state index contributed by atoms with van der Waals surface area (Å²) in [4.78, 5) is 15.5. The fraction of sp³-hybridized carbons (Fsp3) is 0.214. The lowest BCUT2D eigenvalue weighted by Crippen LogP contribution is -2.05. The van der Waals surface area contributed by atoms with E-state index in [1.165, 1.54) is 6.33 Å². The molecule has 6 nitrogen and oxygen atoms in total. The second kappa shape index (κ2) is 5.56. The number of aromatic amines is 1. The highest BCUT2D eigenvalue weighted by atomic mass is 16.5. The van der Waals surface area contributed by atoms with Gasteiger partial charge in [0, 0.05) is 12.1 Å². The number of H-pyrrole nitrogens is 1. The van der Waals surface area contributed by atoms with E-state index >= 15 is 0 Å². The molecule has 6 heteroatoms. The number of nitrogens with one attached hydrogen (secondary N) is 2. The van der Waals surface area contributed by atoms with Gasteiger partial charge < -0.3 is 15.0 Å². The van der Waals surface area contributed by atoms with Crippen LogP contribution in [0.25, 0.3) is 11.2 Å². The van der Waals surface area contributed by atoms with Crippen LogP contribution in [0.4, 0.5) is 5.82 Å². The zero-order chi connectivity index (χ0) is 13.8. The van der Waals surface area contributed by atoms with Crippen molar-refractivity contribution in [3.63, 3.8) is 0 Å². The molecule has 0 atom stereocenters. The van der Waals surface area contributed by atoms with E-state index in [1.807, 2.05) is 31.2 Å². The van der Waals surface area contributed by atoms with E-state index in [2.05, 4.69) is 25.3 Å². The molecule has 3 rings (SSSR count). The standard InChI is InChI=1S/C14H15N5O/c1-2-20-11-6-4-3-5-10(11)7-15-13-12-14(17-8-16-12)19-9-18-13/h3-6,8-9H,2,7H2,1H3,(H2,15,16,17,18,19). The Labute approximate surface area is 116 Å². The molecule has 1 aromatic carbocycles. The molecule has 0 saturated carbocycles. The molecule has 0 radical (unpaired) electrons. The van der Waals surface area contributed by atoms with Crippen molar-refractivity contribution < 1.29 is 4.74 Å². The number of anilines is 1. The van der Waals surface area contributed by atoms with Crippen molar-refractivity contribution in [2.75, 3.05) is 11.9 Å². The van der Waals surface area contributed by atoms with Crippen LogP contribution in [0.15, 0.2) is 36.9 Å². The maximum atomic E-state index is 5.60. The van der Waals surface area contributed by atoms with Gasteiger partial charge in [0.1, 0.15) is 17.6 Å². The van der Waals surface area contributed by atoms with Gasteiger partial charge in [-0.05, 0) is 13.0 Å². The lowest BCUT2D eigenvalue weighted by molar-refractivity contribution is 0.337. The SMILES string of the molecule is CCOc1ccccc1CNc1ncnc2nc[nH]c12. The first kappa shape index (κ1) is 12.4. The van der Waals surface area contributed by atoms with Crippen molar-refractivity contribution >= 4 is 17.0 Å². The van der Waals surface area contributed by atoms with E-state index in [-0.39, 0.29) is 0 Å². The molecule has 0 bridgehead atoms. The summed E-state index contributed by atoms with van der Waals surface area (Å²) < 4.78 is 5.60. The molecule has 2 aromatic heterocycles. The minimum Gasteiger partial charge on any atom is -0.494 e. The Morgan fingerprint density at radius 2 is 2.10 bits per heavy atom. The molecule has 0 saturated heterocycles. The number of benzene rings is 1. The van der Waals surface area contributed by atoms with Crippen LogP contribution in [-0.2, 0) is 6.54 Å². The van der Waals surface area contributed by atoms with E-state index < -0.39 is 0 Å². The monoisotopic (exact) mass is 269 g/mol. The highest BCUT2D eigenvalue weighted by molar-refractivity contribution is 5.81. The number of aromatic nitrogens is 4. The largest absolute Gasteiger partial charge is 0.494 e. The first-order valence-electron chi connectivity index (χ1n) is 6.47. The first-order valence-corrected chi connectivity index (χ1v) is 6.47. The minimum absolute atomic E-state index is 0.626. The number of imidazole rings is 1. The fourth-order valence-electron chi connectivity index (χ4n) is 2.02. The van der Waals surface area contributed by atoms with Crippen LogP contribution in [0.5, 0.6) is 5.75 Å². The Kier molecular flexibility index (Phi) is 3.45. The van der Waals surface area contributed by atoms with E-state index in [4.69, 9.17) is 4.74 Å². The Hall–Kier alpha value is -2.63. The van der Waals surface area contributed by atoms with Gasteiger partial charge in [-0.15, -0.1) is 0 Å². The maximum absolute atomic E-state index is 5.60. The van der Waals surface area contributed by atoms with Gasteiger partial charge in [-0.25, -0.2) is 15.0 Å². The van der Waals surface area contributed by atoms with Crippen molar-refractivity contribution in [2.24, 2.45) is 0 Å². The number of hydrogen-bond donors (Lipinski definition) is 2. The molecular weight excluding hydrogens is 254 g/mol. The minimum atomic E-state index is 0.626. The highest BCUT2D eigenvalue weighted by Crippen LogP contribution is 2.20. The lowest BCUT2D eigenvalue weighted by atomic mass is 10.2. The summed E-state index contributed by atoms with van der Waals surface area (Å²) in [7, 11) is 0. The van der Waals surface area contributed by atoms with E-state index in [0.29, 0.717) is 18.8 Å². The molecule has 3 aromatic rings. The summed E-state index contributed by atoms with van der Waals surface area (Å²) in [5.41, 5.74) is 2.54. The number of ether oxygens (including phenoxy) is 1. The topological polar surface area (TPSA) is 75.7 Å². The van der Waals surface area contributed by atoms with Crippen LogP contribution in [0.3, 0.4) is 0 Å². The number of para-hydroxylation sites is 1. The van der Waals surface area contributed by atoms with Crippen LogP contribution in [0, 0.1) is 0 Å². The van der Waals surface area contributed by atoms with Gasteiger partial charge in [-0.2, -0.15) is 0 Å². The third-order valence-corrected chi connectivity index (χ3v) is 2.94. The molecule has 102 valence electrons. The Bertz CT molecular complexity index is 709. The highest BCUT2D eigenvalue weighted by Gasteiger charge is 2.07. The average molecular weight is 269 g/mol. The summed E-state index contributed by atoms with van der Waals surface area (Å²) in [5.74, 6) is 1.62. The summed E-state index contributed by atoms with van der Waals surface area (Å²) in [6.45, 7) is 3.25. The van der Waals surface area contributed by atoms with Gasteiger partial charge in [0.15, 0.2) is 11.5 Å². The summed E-state index contributed by atoms with van der Waals surface area (Å²) >= 11 is 0. The van der Waals surface area contributed by atoms with Gasteiger partial charge in [0.2, 0.25) is 0 Å². The van der Waals surface area contributed by atoms with Crippen LogP contribution in [-0.4, -0.2) is 26.5 Å². The first-order chi connectivity index (χ1) is 9.88. The molecular formula is C14H15N5O. The zero-order valence-corrected chi connectivity index (χ0v) is 11.1. The number of fused-ring (bicyclic) bond motifs is 1. The molecule has 0 aliphatic heterocycles. The molecule has 2 N–H and O–H groups in total. The number of hydrogen-bond acceptors (Lipinski definition) is 5. The number of nitrogens with zero attached hydrogens (tertiary/aromatic N) is 3. The molecule has 0 amide bonds. The van der Waals surface area contributed by atoms with E-state index in [0.717, 1.165) is 22.6 Å². The Morgan fingerprint density at radius 3 is 3.00 bits per heavy atom. The van der Waals surface area contributed by atoms with Gasteiger partial charge in [-0.1, -0.05) is 18.2 Å². The molecule has 0 spiro atoms. The smallest absolute Gasteiger partial charge is 0.182 e. The molecule has 0 aliphatic rings. The van der Waals surface area contributed by atoms with Crippen molar-refractivity contribution in [1.82, 2.24) is 19.9 Å². The van der Waals surface area contributed by atoms with Gasteiger partial charge in [0.25, 0.3) is 0 Å². The van der Waals surface area contributed by atoms with Gasteiger partial charge >= 0.3 is 0 Å². The lowest BCUT2D eigenvalue weighted by Gasteiger charge is -2.11. The van der Waals surface area contributed by atoms with Crippen LogP contribution in [0.1, 0.15) is 12.5 Å². The van der Waals surface area contributed by atoms with Gasteiger partial charge in [-0.3, -0.25) is 0 Å². The third kappa shape index (κ3) is 2.40. The van der Waals surface area contributed by atoms with Crippen molar-refractivity contribution in [2.45, 2.75) is 13.5 Å². The molecule has 0 fully saturated rings. The fourth-order valence-corrected chi connectivity index (χ4v) is 2.02. The normalized spacial score (nSPS) is 10.7. The second-order valence-electron chi connectivity index (χ2n) is 4.22. The zero-order valence-electron chi connectivity index (χ0n) is 11.1. The van der Waals surface area contributed by atoms with Crippen molar-refractivity contribution in [1.29, 1.82) is 0 Å². The summed E-state index contributed by atoms with van der Waals surface area (Å²) in [6.07, 6.45) is 3.11. The molecule has 2 heterocycles. The predicted octanol–water partition coefficient (Wildman–Crippen LogP) is 2.36. The maximum Gasteiger partial charge on any atom is 0.182 e. The predicted molar refractivity (Wildman–Crippen MR) is 76.6 cm³/mol. The summed E-state index contributed by atoms with van der Waals surface area (Å²) in [6, 6.07) is 7.95. The summed E-state index contributed by atoms with van der Waals surface area (Å²) in [5, 5.41) is 3.29. The van der Waals surface area contributed by atoms with Crippen molar-refractivity contribution in [3.8, 4) is 5.75 Å². The molecule has 0 aliphatic carbocycles. The average Bonchev–Trinajstić information content (AvgIpc) is 2.96. The van der Waals surface area contributed by atoms with Crippen LogP contribution < -0.4 is 10.1 Å². The Balaban J connectivity index is 1.81. The molecule has 20 heavy (non-hydrogen) atoms. The van der Waals surface area contributed by atoms with E-state index in [9.17, 15) is 0 Å². The van der Waals surface area contributed by atoms with Gasteiger partial charge in [0.05, 0.1) is 12.9 Å².